The largest absolute Gasteiger partial charge is 0.477 e. The van der Waals surface area contributed by atoms with Gasteiger partial charge in [0.15, 0.2) is 11.5 Å². The van der Waals surface area contributed by atoms with Crippen molar-refractivity contribution in [1.82, 2.24) is 4.98 Å². The van der Waals surface area contributed by atoms with E-state index >= 15 is 0 Å². The summed E-state index contributed by atoms with van der Waals surface area (Å²) in [5.41, 5.74) is 11.5. The number of pyridine rings is 1. The van der Waals surface area contributed by atoms with Gasteiger partial charge in [0.25, 0.3) is 0 Å². The summed E-state index contributed by atoms with van der Waals surface area (Å²) in [6.07, 6.45) is 2.43. The number of amides is 1. The van der Waals surface area contributed by atoms with E-state index in [9.17, 15) is 9.59 Å². The van der Waals surface area contributed by atoms with E-state index in [1.165, 1.54) is 12.1 Å². The molecular weight excluding hydrogens is 248 g/mol. The molecule has 0 bridgehead atoms. The zero-order valence-corrected chi connectivity index (χ0v) is 10.4. The van der Waals surface area contributed by atoms with Crippen LogP contribution in [0.1, 0.15) is 29.8 Å². The number of carbonyl (C=O) groups excluding carboxylic acids is 1. The smallest absolute Gasteiger partial charge is 0.354 e. The third kappa shape index (κ3) is 2.59. The van der Waals surface area contributed by atoms with Crippen LogP contribution in [0.5, 0.6) is 0 Å². The van der Waals surface area contributed by atoms with Crippen LogP contribution in [0.4, 0.5) is 11.5 Å². The molecule has 0 aromatic carbocycles. The summed E-state index contributed by atoms with van der Waals surface area (Å²) in [4.78, 5) is 28.1. The highest BCUT2D eigenvalue weighted by Gasteiger charge is 2.29. The van der Waals surface area contributed by atoms with Crippen LogP contribution in [0.15, 0.2) is 12.1 Å². The van der Waals surface area contributed by atoms with Crippen LogP contribution in [0.25, 0.3) is 0 Å². The van der Waals surface area contributed by atoms with Gasteiger partial charge in [-0.15, -0.1) is 0 Å². The number of hydrogen-bond acceptors (Lipinski definition) is 5. The summed E-state index contributed by atoms with van der Waals surface area (Å²) < 4.78 is 0. The second-order valence-corrected chi connectivity index (χ2v) is 4.52. The van der Waals surface area contributed by atoms with Crippen molar-refractivity contribution in [3.8, 4) is 0 Å². The molecule has 102 valence electrons. The highest BCUT2D eigenvalue weighted by molar-refractivity contribution is 5.88. The van der Waals surface area contributed by atoms with E-state index in [-0.39, 0.29) is 5.69 Å². The van der Waals surface area contributed by atoms with Crippen molar-refractivity contribution in [2.75, 3.05) is 17.2 Å². The molecule has 2 heterocycles. The first-order valence-electron chi connectivity index (χ1n) is 6.06. The van der Waals surface area contributed by atoms with Gasteiger partial charge in [-0.3, -0.25) is 4.79 Å². The number of piperidine rings is 1. The molecular formula is C12H16N4O3. The highest BCUT2D eigenvalue weighted by atomic mass is 16.4. The Labute approximate surface area is 110 Å². The summed E-state index contributed by atoms with van der Waals surface area (Å²) in [6, 6.07) is 2.34. The van der Waals surface area contributed by atoms with Crippen LogP contribution < -0.4 is 16.4 Å². The Morgan fingerprint density at radius 2 is 2.11 bits per heavy atom. The van der Waals surface area contributed by atoms with E-state index in [1.807, 2.05) is 0 Å². The minimum absolute atomic E-state index is 0.0991. The molecule has 1 atom stereocenters. The molecule has 1 aromatic heterocycles. The summed E-state index contributed by atoms with van der Waals surface area (Å²) >= 11 is 0. The van der Waals surface area contributed by atoms with Gasteiger partial charge in [-0.2, -0.15) is 0 Å². The lowest BCUT2D eigenvalue weighted by atomic mass is 10.0. The molecule has 0 saturated carbocycles. The molecule has 1 aliphatic rings. The van der Waals surface area contributed by atoms with E-state index in [0.717, 1.165) is 12.8 Å². The molecule has 2 rings (SSSR count). The van der Waals surface area contributed by atoms with Crippen LogP contribution in [0, 0.1) is 0 Å². The lowest BCUT2D eigenvalue weighted by Gasteiger charge is -2.35. The number of nitrogens with two attached hydrogens (primary N) is 2. The van der Waals surface area contributed by atoms with E-state index in [4.69, 9.17) is 16.6 Å². The molecule has 1 unspecified atom stereocenters. The SMILES string of the molecule is NC(=O)C1CCCCN1c1nc(C(=O)O)ccc1N. The fourth-order valence-electron chi connectivity index (χ4n) is 2.29. The second-order valence-electron chi connectivity index (χ2n) is 4.52. The summed E-state index contributed by atoms with van der Waals surface area (Å²) in [6.45, 7) is 0.591. The van der Waals surface area contributed by atoms with Crippen molar-refractivity contribution in [2.45, 2.75) is 25.3 Å². The predicted octanol–water partition coefficient (Wildman–Crippen LogP) is 0.206. The second kappa shape index (κ2) is 5.13. The zero-order valence-electron chi connectivity index (χ0n) is 10.4. The van der Waals surface area contributed by atoms with E-state index < -0.39 is 17.9 Å². The summed E-state index contributed by atoms with van der Waals surface area (Å²) in [5, 5.41) is 8.96. The number of aromatic nitrogens is 1. The summed E-state index contributed by atoms with van der Waals surface area (Å²) in [7, 11) is 0. The van der Waals surface area contributed by atoms with E-state index in [1.54, 1.807) is 4.90 Å². The molecule has 1 fully saturated rings. The number of carboxylic acid groups (broad SMARTS) is 1. The molecule has 1 saturated heterocycles. The van der Waals surface area contributed by atoms with Gasteiger partial charge in [0.05, 0.1) is 5.69 Å². The van der Waals surface area contributed by atoms with Gasteiger partial charge in [-0.1, -0.05) is 0 Å². The molecule has 0 radical (unpaired) electrons. The van der Waals surface area contributed by atoms with Crippen LogP contribution in [0.3, 0.4) is 0 Å². The molecule has 1 amide bonds. The molecule has 5 N–H and O–H groups in total. The third-order valence-corrected chi connectivity index (χ3v) is 3.23. The first-order chi connectivity index (χ1) is 9.00. The van der Waals surface area contributed by atoms with E-state index in [2.05, 4.69) is 4.98 Å². The summed E-state index contributed by atoms with van der Waals surface area (Å²) in [5.74, 6) is -1.25. The van der Waals surface area contributed by atoms with Crippen molar-refractivity contribution < 1.29 is 14.7 Å². The predicted molar refractivity (Wildman–Crippen MR) is 69.8 cm³/mol. The van der Waals surface area contributed by atoms with Crippen LogP contribution in [-0.2, 0) is 4.79 Å². The van der Waals surface area contributed by atoms with Gasteiger partial charge in [-0.05, 0) is 31.4 Å². The lowest BCUT2D eigenvalue weighted by Crippen LogP contribution is -2.48. The Balaban J connectivity index is 2.40. The number of aromatic carboxylic acids is 1. The first kappa shape index (κ1) is 13.1. The van der Waals surface area contributed by atoms with Crippen molar-refractivity contribution in [2.24, 2.45) is 5.73 Å². The lowest BCUT2D eigenvalue weighted by molar-refractivity contribution is -0.119. The maximum Gasteiger partial charge on any atom is 0.354 e. The van der Waals surface area contributed by atoms with Gasteiger partial charge in [0.1, 0.15) is 6.04 Å². The highest BCUT2D eigenvalue weighted by Crippen LogP contribution is 2.28. The monoisotopic (exact) mass is 264 g/mol. The number of rotatable bonds is 3. The molecule has 1 aliphatic heterocycles. The molecule has 0 aliphatic carbocycles. The number of nitrogen functional groups attached to an aromatic ring is 1. The Kier molecular flexibility index (Phi) is 3.55. The van der Waals surface area contributed by atoms with Crippen molar-refractivity contribution in [1.29, 1.82) is 0 Å². The minimum atomic E-state index is -1.13. The van der Waals surface area contributed by atoms with Gasteiger partial charge >= 0.3 is 5.97 Å². The number of carbonyl (C=O) groups is 2. The van der Waals surface area contributed by atoms with Crippen LogP contribution in [-0.4, -0.2) is 34.6 Å². The standard InChI is InChI=1S/C12H16N4O3/c13-7-4-5-8(12(18)19)15-11(7)16-6-2-1-3-9(16)10(14)17/h4-5,9H,1-3,6,13H2,(H2,14,17)(H,18,19). The number of carboxylic acids is 1. The zero-order chi connectivity index (χ0) is 14.0. The van der Waals surface area contributed by atoms with Crippen molar-refractivity contribution >= 4 is 23.4 Å². The van der Waals surface area contributed by atoms with Crippen molar-refractivity contribution in [3.05, 3.63) is 17.8 Å². The first-order valence-corrected chi connectivity index (χ1v) is 6.06. The number of nitrogens with zero attached hydrogens (tertiary/aromatic N) is 2. The Morgan fingerprint density at radius 1 is 1.37 bits per heavy atom. The molecule has 1 aromatic rings. The van der Waals surface area contributed by atoms with Gasteiger partial charge < -0.3 is 21.5 Å². The molecule has 0 spiro atoms. The average Bonchev–Trinajstić information content (AvgIpc) is 2.39. The number of primary amides is 1. The maximum absolute atomic E-state index is 11.5. The minimum Gasteiger partial charge on any atom is -0.477 e. The van der Waals surface area contributed by atoms with Gasteiger partial charge in [0.2, 0.25) is 5.91 Å². The Morgan fingerprint density at radius 3 is 2.74 bits per heavy atom. The van der Waals surface area contributed by atoms with Crippen LogP contribution in [0.2, 0.25) is 0 Å². The van der Waals surface area contributed by atoms with Crippen molar-refractivity contribution in [3.63, 3.8) is 0 Å². The third-order valence-electron chi connectivity index (χ3n) is 3.23. The maximum atomic E-state index is 11.5. The van der Waals surface area contributed by atoms with E-state index in [0.29, 0.717) is 24.5 Å². The average molecular weight is 264 g/mol. The molecule has 19 heavy (non-hydrogen) atoms. The molecule has 7 nitrogen and oxygen atoms in total. The molecule has 7 heteroatoms. The Bertz CT molecular complexity index is 518. The fraction of sp³-hybridized carbons (Fsp3) is 0.417. The number of hydrogen-bond donors (Lipinski definition) is 3. The normalized spacial score (nSPS) is 19.2. The quantitative estimate of drug-likeness (QED) is 0.717. The Hall–Kier alpha value is -2.31. The topological polar surface area (TPSA) is 123 Å². The van der Waals surface area contributed by atoms with Gasteiger partial charge in [-0.25, -0.2) is 9.78 Å². The fourth-order valence-corrected chi connectivity index (χ4v) is 2.29. The number of anilines is 2. The van der Waals surface area contributed by atoms with Crippen LogP contribution >= 0.6 is 0 Å². The van der Waals surface area contributed by atoms with Gasteiger partial charge in [0, 0.05) is 6.54 Å².